The lowest BCUT2D eigenvalue weighted by molar-refractivity contribution is 0.261. The normalized spacial score (nSPS) is 22.5. The summed E-state index contributed by atoms with van der Waals surface area (Å²) < 4.78 is 0. The number of hydrogen-bond donors (Lipinski definition) is 1. The molecule has 0 bridgehead atoms. The molecule has 62 valence electrons. The van der Waals surface area contributed by atoms with Gasteiger partial charge in [0.05, 0.1) is 11.5 Å². The second-order valence-electron chi connectivity index (χ2n) is 3.39. The van der Waals surface area contributed by atoms with Crippen molar-refractivity contribution in [3.63, 3.8) is 0 Å². The number of nitrogens with one attached hydrogen (secondary N) is 1. The molecule has 0 saturated carbocycles. The van der Waals surface area contributed by atoms with Crippen LogP contribution in [0.4, 0.5) is 0 Å². The van der Waals surface area contributed by atoms with Crippen LogP contribution in [-0.4, -0.2) is 13.1 Å². The van der Waals surface area contributed by atoms with E-state index >= 15 is 0 Å². The Balaban J connectivity index is 2.51. The lowest BCUT2D eigenvalue weighted by Gasteiger charge is -2.30. The maximum Gasteiger partial charge on any atom is 0.0690 e. The van der Waals surface area contributed by atoms with Crippen molar-refractivity contribution in [3.8, 4) is 6.07 Å². The number of nitriles is 1. The van der Waals surface area contributed by atoms with Crippen molar-refractivity contribution in [3.05, 3.63) is 0 Å². The van der Waals surface area contributed by atoms with E-state index in [0.717, 1.165) is 38.8 Å². The molecule has 2 nitrogen and oxygen atoms in total. The van der Waals surface area contributed by atoms with Gasteiger partial charge in [-0.25, -0.2) is 0 Å². The lowest BCUT2D eigenvalue weighted by atomic mass is 9.77. The predicted octanol–water partition coefficient (Wildman–Crippen LogP) is 1.68. The minimum absolute atomic E-state index is 0.0139. The molecular weight excluding hydrogens is 136 g/mol. The zero-order valence-electron chi connectivity index (χ0n) is 7.19. The van der Waals surface area contributed by atoms with Gasteiger partial charge in [-0.3, -0.25) is 0 Å². The number of hydrogen-bond acceptors (Lipinski definition) is 2. The molecule has 0 spiro atoms. The van der Waals surface area contributed by atoms with Crippen LogP contribution in [0, 0.1) is 16.7 Å². The summed E-state index contributed by atoms with van der Waals surface area (Å²) in [5.41, 5.74) is 0.0139. The SMILES string of the molecule is CCCC1(C#N)CCNCC1. The van der Waals surface area contributed by atoms with Gasteiger partial charge < -0.3 is 5.32 Å². The summed E-state index contributed by atoms with van der Waals surface area (Å²) in [7, 11) is 0. The number of nitrogens with zero attached hydrogens (tertiary/aromatic N) is 1. The van der Waals surface area contributed by atoms with E-state index < -0.39 is 0 Å². The van der Waals surface area contributed by atoms with E-state index in [-0.39, 0.29) is 5.41 Å². The Morgan fingerprint density at radius 3 is 2.55 bits per heavy atom. The Labute approximate surface area is 68.6 Å². The van der Waals surface area contributed by atoms with E-state index in [1.54, 1.807) is 0 Å². The van der Waals surface area contributed by atoms with Gasteiger partial charge in [0.15, 0.2) is 0 Å². The fourth-order valence-corrected chi connectivity index (χ4v) is 1.80. The summed E-state index contributed by atoms with van der Waals surface area (Å²) in [5.74, 6) is 0. The Bertz CT molecular complexity index is 146. The molecule has 1 saturated heterocycles. The van der Waals surface area contributed by atoms with Gasteiger partial charge in [-0.1, -0.05) is 13.3 Å². The Hall–Kier alpha value is -0.550. The minimum Gasteiger partial charge on any atom is -0.317 e. The van der Waals surface area contributed by atoms with E-state index in [4.69, 9.17) is 5.26 Å². The molecule has 11 heavy (non-hydrogen) atoms. The van der Waals surface area contributed by atoms with Crippen LogP contribution in [-0.2, 0) is 0 Å². The van der Waals surface area contributed by atoms with Crippen LogP contribution in [0.2, 0.25) is 0 Å². The highest BCUT2D eigenvalue weighted by Gasteiger charge is 2.30. The van der Waals surface area contributed by atoms with Gasteiger partial charge in [0.2, 0.25) is 0 Å². The van der Waals surface area contributed by atoms with E-state index in [9.17, 15) is 0 Å². The highest BCUT2D eigenvalue weighted by atomic mass is 14.9. The lowest BCUT2D eigenvalue weighted by Crippen LogP contribution is -2.35. The molecule has 0 aromatic heterocycles. The number of piperidine rings is 1. The molecule has 2 heteroatoms. The zero-order chi connectivity index (χ0) is 8.16. The molecule has 0 radical (unpaired) electrons. The molecular formula is C9H16N2. The Morgan fingerprint density at radius 2 is 2.09 bits per heavy atom. The predicted molar refractivity (Wildman–Crippen MR) is 45.1 cm³/mol. The maximum absolute atomic E-state index is 8.99. The Morgan fingerprint density at radius 1 is 1.45 bits per heavy atom. The fourth-order valence-electron chi connectivity index (χ4n) is 1.80. The van der Waals surface area contributed by atoms with Gasteiger partial charge in [-0.15, -0.1) is 0 Å². The minimum atomic E-state index is 0.0139. The average Bonchev–Trinajstić information content (AvgIpc) is 2.07. The largest absolute Gasteiger partial charge is 0.317 e. The van der Waals surface area contributed by atoms with Crippen molar-refractivity contribution in [1.29, 1.82) is 5.26 Å². The molecule has 0 atom stereocenters. The van der Waals surface area contributed by atoms with Gasteiger partial charge >= 0.3 is 0 Å². The van der Waals surface area contributed by atoms with Gasteiger partial charge in [-0.05, 0) is 32.4 Å². The van der Waals surface area contributed by atoms with Crippen LogP contribution in [0.1, 0.15) is 32.6 Å². The van der Waals surface area contributed by atoms with Gasteiger partial charge in [-0.2, -0.15) is 5.26 Å². The summed E-state index contributed by atoms with van der Waals surface area (Å²) in [6, 6.07) is 2.48. The van der Waals surface area contributed by atoms with E-state index in [1.165, 1.54) is 0 Å². The van der Waals surface area contributed by atoms with Crippen LogP contribution in [0.15, 0.2) is 0 Å². The molecule has 0 amide bonds. The summed E-state index contributed by atoms with van der Waals surface area (Å²) in [4.78, 5) is 0. The third-order valence-electron chi connectivity index (χ3n) is 2.53. The van der Waals surface area contributed by atoms with Crippen molar-refractivity contribution in [2.75, 3.05) is 13.1 Å². The molecule has 1 rings (SSSR count). The summed E-state index contributed by atoms with van der Waals surface area (Å²) in [5, 5.41) is 12.3. The molecule has 1 N–H and O–H groups in total. The first-order chi connectivity index (χ1) is 5.33. The molecule has 0 aromatic rings. The third-order valence-corrected chi connectivity index (χ3v) is 2.53. The first-order valence-electron chi connectivity index (χ1n) is 4.45. The van der Waals surface area contributed by atoms with E-state index in [2.05, 4.69) is 18.3 Å². The molecule has 1 fully saturated rings. The summed E-state index contributed by atoms with van der Waals surface area (Å²) in [6.45, 7) is 4.20. The molecule has 0 aliphatic carbocycles. The summed E-state index contributed by atoms with van der Waals surface area (Å²) in [6.07, 6.45) is 4.29. The summed E-state index contributed by atoms with van der Waals surface area (Å²) >= 11 is 0. The highest BCUT2D eigenvalue weighted by Crippen LogP contribution is 2.32. The quantitative estimate of drug-likeness (QED) is 0.653. The zero-order valence-corrected chi connectivity index (χ0v) is 7.19. The van der Waals surface area contributed by atoms with Crippen LogP contribution in [0.25, 0.3) is 0 Å². The van der Waals surface area contributed by atoms with Crippen LogP contribution in [0.3, 0.4) is 0 Å². The number of rotatable bonds is 2. The molecule has 1 heterocycles. The van der Waals surface area contributed by atoms with Crippen LogP contribution < -0.4 is 5.32 Å². The van der Waals surface area contributed by atoms with Gasteiger partial charge in [0.1, 0.15) is 0 Å². The van der Waals surface area contributed by atoms with Crippen molar-refractivity contribution in [1.82, 2.24) is 5.32 Å². The molecule has 1 aliphatic heterocycles. The van der Waals surface area contributed by atoms with Gasteiger partial charge in [0, 0.05) is 0 Å². The first kappa shape index (κ1) is 8.55. The first-order valence-corrected chi connectivity index (χ1v) is 4.45. The second kappa shape index (κ2) is 3.73. The smallest absolute Gasteiger partial charge is 0.0690 e. The van der Waals surface area contributed by atoms with E-state index in [0.29, 0.717) is 0 Å². The fraction of sp³-hybridized carbons (Fsp3) is 0.889. The van der Waals surface area contributed by atoms with Crippen LogP contribution in [0.5, 0.6) is 0 Å². The molecule has 1 aliphatic rings. The average molecular weight is 152 g/mol. The van der Waals surface area contributed by atoms with E-state index in [1.807, 2.05) is 0 Å². The third kappa shape index (κ3) is 1.94. The second-order valence-corrected chi connectivity index (χ2v) is 3.39. The van der Waals surface area contributed by atoms with Crippen molar-refractivity contribution in [2.45, 2.75) is 32.6 Å². The maximum atomic E-state index is 8.99. The Kier molecular flexibility index (Phi) is 2.90. The van der Waals surface area contributed by atoms with Gasteiger partial charge in [0.25, 0.3) is 0 Å². The molecule has 0 aromatic carbocycles. The standard InChI is InChI=1S/C9H16N2/c1-2-3-9(8-10)4-6-11-7-5-9/h11H,2-7H2,1H3. The highest BCUT2D eigenvalue weighted by molar-refractivity contribution is 5.00. The van der Waals surface area contributed by atoms with Crippen molar-refractivity contribution in [2.24, 2.45) is 5.41 Å². The van der Waals surface area contributed by atoms with Crippen LogP contribution >= 0.6 is 0 Å². The van der Waals surface area contributed by atoms with Crippen molar-refractivity contribution >= 4 is 0 Å². The van der Waals surface area contributed by atoms with Crippen molar-refractivity contribution < 1.29 is 0 Å². The monoisotopic (exact) mass is 152 g/mol. The topological polar surface area (TPSA) is 35.8 Å². The molecule has 0 unspecified atom stereocenters.